The minimum Gasteiger partial charge on any atom is -0.369 e. The Hall–Kier alpha value is -2.42. The molecular weight excluding hydrogens is 424 g/mol. The third-order valence-electron chi connectivity index (χ3n) is 6.27. The van der Waals surface area contributed by atoms with Crippen LogP contribution in [0.25, 0.3) is 0 Å². The van der Waals surface area contributed by atoms with Crippen LogP contribution < -0.4 is 10.2 Å². The number of nitrogens with one attached hydrogen (secondary N) is 1. The van der Waals surface area contributed by atoms with E-state index in [0.29, 0.717) is 24.2 Å². The van der Waals surface area contributed by atoms with Crippen LogP contribution in [0.4, 0.5) is 11.4 Å². The maximum atomic E-state index is 12.6. The average Bonchev–Trinajstić information content (AvgIpc) is 2.81. The zero-order valence-corrected chi connectivity index (χ0v) is 19.5. The second-order valence-corrected chi connectivity index (χ2v) is 10.7. The number of anilines is 2. The maximum Gasteiger partial charge on any atom is 0.255 e. The summed E-state index contributed by atoms with van der Waals surface area (Å²) in [5.74, 6) is -0.231. The Morgan fingerprint density at radius 2 is 1.47 bits per heavy atom. The highest BCUT2D eigenvalue weighted by atomic mass is 32.2. The monoisotopic (exact) mass is 456 g/mol. The van der Waals surface area contributed by atoms with Crippen LogP contribution >= 0.6 is 0 Å². The molecule has 0 spiro atoms. The molecule has 2 heterocycles. The summed E-state index contributed by atoms with van der Waals surface area (Å²) < 4.78 is 26.8. The smallest absolute Gasteiger partial charge is 0.255 e. The van der Waals surface area contributed by atoms with Gasteiger partial charge in [0.15, 0.2) is 0 Å². The normalized spacial score (nSPS) is 18.5. The van der Waals surface area contributed by atoms with Crippen LogP contribution in [0.15, 0.2) is 48.5 Å². The first-order chi connectivity index (χ1) is 15.4. The Kier molecular flexibility index (Phi) is 7.13. The standard InChI is InChI=1S/C24H32N4O3S/c1-26-15-17-27(18-16-26)23-11-9-22(10-12-23)25-24(29)21-7-5-20(6-8-21)19-32(30,31)28-13-3-2-4-14-28/h5-12H,2-4,13-19H2,1H3,(H,25,29). The highest BCUT2D eigenvalue weighted by molar-refractivity contribution is 7.88. The Morgan fingerprint density at radius 3 is 2.09 bits per heavy atom. The molecule has 2 aromatic rings. The van der Waals surface area contributed by atoms with E-state index >= 15 is 0 Å². The van der Waals surface area contributed by atoms with Crippen molar-refractivity contribution in [1.82, 2.24) is 9.21 Å². The molecule has 2 aliphatic rings. The van der Waals surface area contributed by atoms with Crippen molar-refractivity contribution in [2.24, 2.45) is 0 Å². The molecule has 1 N–H and O–H groups in total. The number of benzene rings is 2. The number of sulfonamides is 1. The van der Waals surface area contributed by atoms with Gasteiger partial charge in [0.05, 0.1) is 5.75 Å². The number of piperazine rings is 1. The molecule has 0 aromatic heterocycles. The lowest BCUT2D eigenvalue weighted by Crippen LogP contribution is -2.44. The Morgan fingerprint density at radius 1 is 0.844 bits per heavy atom. The average molecular weight is 457 g/mol. The van der Waals surface area contributed by atoms with Crippen molar-refractivity contribution >= 4 is 27.3 Å². The fourth-order valence-electron chi connectivity index (χ4n) is 4.22. The third-order valence-corrected chi connectivity index (χ3v) is 8.12. The van der Waals surface area contributed by atoms with Crippen molar-refractivity contribution in [3.8, 4) is 0 Å². The van der Waals surface area contributed by atoms with Crippen LogP contribution in [-0.2, 0) is 15.8 Å². The summed E-state index contributed by atoms with van der Waals surface area (Å²) in [6.07, 6.45) is 2.94. The second kappa shape index (κ2) is 10.0. The topological polar surface area (TPSA) is 73.0 Å². The third kappa shape index (κ3) is 5.68. The second-order valence-electron chi connectivity index (χ2n) is 8.70. The fourth-order valence-corrected chi connectivity index (χ4v) is 5.83. The first-order valence-corrected chi connectivity index (χ1v) is 12.9. The highest BCUT2D eigenvalue weighted by Gasteiger charge is 2.24. The van der Waals surface area contributed by atoms with Crippen LogP contribution in [0.1, 0.15) is 35.2 Å². The van der Waals surface area contributed by atoms with Gasteiger partial charge in [-0.2, -0.15) is 0 Å². The van der Waals surface area contributed by atoms with E-state index < -0.39 is 10.0 Å². The number of likely N-dealkylation sites (N-methyl/N-ethyl adjacent to an activating group) is 1. The van der Waals surface area contributed by atoms with Crippen molar-refractivity contribution < 1.29 is 13.2 Å². The van der Waals surface area contributed by atoms with Crippen molar-refractivity contribution in [2.75, 3.05) is 56.5 Å². The summed E-state index contributed by atoms with van der Waals surface area (Å²) >= 11 is 0. The van der Waals surface area contributed by atoms with Crippen molar-refractivity contribution in [2.45, 2.75) is 25.0 Å². The van der Waals surface area contributed by atoms with Crippen LogP contribution in [-0.4, -0.2) is 69.8 Å². The molecule has 2 aliphatic heterocycles. The summed E-state index contributed by atoms with van der Waals surface area (Å²) in [6, 6.07) is 14.8. The van der Waals surface area contributed by atoms with Crippen LogP contribution in [0.5, 0.6) is 0 Å². The van der Waals surface area contributed by atoms with E-state index in [0.717, 1.165) is 56.8 Å². The number of carbonyl (C=O) groups is 1. The largest absolute Gasteiger partial charge is 0.369 e. The summed E-state index contributed by atoms with van der Waals surface area (Å²) in [5, 5.41) is 2.92. The zero-order chi connectivity index (χ0) is 22.6. The van der Waals surface area contributed by atoms with Crippen LogP contribution in [0, 0.1) is 0 Å². The lowest BCUT2D eigenvalue weighted by Gasteiger charge is -2.34. The molecule has 1 amide bonds. The van der Waals surface area contributed by atoms with Gasteiger partial charge in [0.2, 0.25) is 10.0 Å². The predicted molar refractivity (Wildman–Crippen MR) is 129 cm³/mol. The van der Waals surface area contributed by atoms with Gasteiger partial charge < -0.3 is 15.1 Å². The molecule has 2 saturated heterocycles. The van der Waals surface area contributed by atoms with Gasteiger partial charge in [0, 0.05) is 56.2 Å². The van der Waals surface area contributed by atoms with Gasteiger partial charge in [-0.05, 0) is 61.9 Å². The van der Waals surface area contributed by atoms with Crippen molar-refractivity contribution in [3.63, 3.8) is 0 Å². The molecule has 0 saturated carbocycles. The number of amides is 1. The highest BCUT2D eigenvalue weighted by Crippen LogP contribution is 2.21. The Balaban J connectivity index is 1.33. The van der Waals surface area contributed by atoms with E-state index in [-0.39, 0.29) is 11.7 Å². The summed E-state index contributed by atoms with van der Waals surface area (Å²) in [6.45, 7) is 5.32. The number of nitrogens with zero attached hydrogens (tertiary/aromatic N) is 3. The first kappa shape index (κ1) is 22.8. The number of carbonyl (C=O) groups excluding carboxylic acids is 1. The zero-order valence-electron chi connectivity index (χ0n) is 18.7. The molecule has 32 heavy (non-hydrogen) atoms. The van der Waals surface area contributed by atoms with Crippen LogP contribution in [0.3, 0.4) is 0 Å². The van der Waals surface area contributed by atoms with Gasteiger partial charge in [-0.25, -0.2) is 12.7 Å². The summed E-state index contributed by atoms with van der Waals surface area (Å²) in [5.41, 5.74) is 3.11. The van der Waals surface area contributed by atoms with E-state index in [2.05, 4.69) is 22.2 Å². The number of piperidine rings is 1. The van der Waals surface area contributed by atoms with Gasteiger partial charge in [-0.3, -0.25) is 4.79 Å². The van der Waals surface area contributed by atoms with Gasteiger partial charge >= 0.3 is 0 Å². The molecule has 0 bridgehead atoms. The SMILES string of the molecule is CN1CCN(c2ccc(NC(=O)c3ccc(CS(=O)(=O)N4CCCCC4)cc3)cc2)CC1. The lowest BCUT2D eigenvalue weighted by atomic mass is 10.1. The fraction of sp³-hybridized carbons (Fsp3) is 0.458. The molecule has 4 rings (SSSR count). The molecule has 8 heteroatoms. The van der Waals surface area contributed by atoms with Gasteiger partial charge in [-0.15, -0.1) is 0 Å². The van der Waals surface area contributed by atoms with Crippen molar-refractivity contribution in [1.29, 1.82) is 0 Å². The predicted octanol–water partition coefficient (Wildman–Crippen LogP) is 3.01. The van der Waals surface area contributed by atoms with E-state index in [1.54, 1.807) is 28.6 Å². The number of rotatable bonds is 6. The van der Waals surface area contributed by atoms with Crippen molar-refractivity contribution in [3.05, 3.63) is 59.7 Å². The maximum absolute atomic E-state index is 12.6. The molecule has 7 nitrogen and oxygen atoms in total. The van der Waals surface area contributed by atoms with E-state index in [1.165, 1.54) is 0 Å². The first-order valence-electron chi connectivity index (χ1n) is 11.3. The minimum absolute atomic E-state index is 0.0251. The molecule has 0 unspecified atom stereocenters. The molecule has 0 atom stereocenters. The van der Waals surface area contributed by atoms with Gasteiger partial charge in [0.1, 0.15) is 0 Å². The molecule has 2 aromatic carbocycles. The Labute approximate surface area is 191 Å². The van der Waals surface area contributed by atoms with Gasteiger partial charge in [0.25, 0.3) is 5.91 Å². The molecule has 0 radical (unpaired) electrons. The quantitative estimate of drug-likeness (QED) is 0.724. The van der Waals surface area contributed by atoms with E-state index in [4.69, 9.17) is 0 Å². The van der Waals surface area contributed by atoms with E-state index in [9.17, 15) is 13.2 Å². The molecule has 2 fully saturated rings. The molecular formula is C24H32N4O3S. The number of hydrogen-bond donors (Lipinski definition) is 1. The molecule has 172 valence electrons. The van der Waals surface area contributed by atoms with Crippen LogP contribution in [0.2, 0.25) is 0 Å². The summed E-state index contributed by atoms with van der Waals surface area (Å²) in [7, 11) is -1.17. The Bertz CT molecular complexity index is 1010. The van der Waals surface area contributed by atoms with E-state index in [1.807, 2.05) is 24.3 Å². The number of hydrogen-bond acceptors (Lipinski definition) is 5. The van der Waals surface area contributed by atoms with Gasteiger partial charge in [-0.1, -0.05) is 18.6 Å². The lowest BCUT2D eigenvalue weighted by molar-refractivity contribution is 0.102. The summed E-state index contributed by atoms with van der Waals surface area (Å²) in [4.78, 5) is 17.3. The minimum atomic E-state index is -3.31. The molecule has 0 aliphatic carbocycles.